The molecule has 0 unspecified atom stereocenters. The minimum Gasteiger partial charge on any atom is -0.504 e. The van der Waals surface area contributed by atoms with Crippen LogP contribution in [-0.4, -0.2) is 98.9 Å². The first-order valence-electron chi connectivity index (χ1n) is 27.7. The van der Waals surface area contributed by atoms with E-state index in [4.69, 9.17) is 29.7 Å². The molecule has 5 aliphatic heterocycles. The highest BCUT2D eigenvalue weighted by Crippen LogP contribution is 2.58. The summed E-state index contributed by atoms with van der Waals surface area (Å²) in [6.07, 6.45) is 18.6. The molecule has 1 spiro atoms. The van der Waals surface area contributed by atoms with E-state index in [9.17, 15) is 20.1 Å². The van der Waals surface area contributed by atoms with Gasteiger partial charge in [0.15, 0.2) is 29.0 Å². The molecule has 404 valence electrons. The van der Waals surface area contributed by atoms with Crippen LogP contribution in [0.15, 0.2) is 102 Å². The number of hydrogen-bond donors (Lipinski definition) is 9. The molecule has 4 fully saturated rings. The van der Waals surface area contributed by atoms with Gasteiger partial charge in [0.2, 0.25) is 5.75 Å². The first kappa shape index (κ1) is 50.5. The van der Waals surface area contributed by atoms with E-state index in [1.54, 1.807) is 24.5 Å². The first-order valence-corrected chi connectivity index (χ1v) is 27.7. The Balaban J connectivity index is 0.929. The molecular formula is C60H71N9O8. The summed E-state index contributed by atoms with van der Waals surface area (Å²) in [5, 5.41) is 50.1. The number of guanidine groups is 1. The van der Waals surface area contributed by atoms with Crippen LogP contribution in [0.3, 0.4) is 0 Å². The summed E-state index contributed by atoms with van der Waals surface area (Å²) in [6, 6.07) is 14.9. The highest BCUT2D eigenvalue weighted by atomic mass is 16.6. The number of fused-ring (bicyclic) bond motifs is 13. The molecule has 11 atom stereocenters. The number of H-pyrrole nitrogens is 1. The molecule has 8 heterocycles. The third kappa shape index (κ3) is 9.47. The average Bonchev–Trinajstić information content (AvgIpc) is 4.27. The second-order valence-electron chi connectivity index (χ2n) is 22.4. The van der Waals surface area contributed by atoms with E-state index in [1.807, 2.05) is 43.6 Å². The Labute approximate surface area is 449 Å². The standard InChI is InChI=1S/C60H71N9O8/c1-35(70)75-51-31-50(40-29-48(72)55(73)53(30-40)74-25-18-37-7-4-21-63-32-37)77-56-42(51)12-10-39-11-13-44-49(76-52-27-38(26-43(39)56)9-14-47(52)71)8-3-19-60(44)59(34-62-2)20-15-46-41-17-24-64-45(41)33-69(46)57(59)67-58(68-60)66-22-5-6-36-16-23-65-54(61)28-36/h4,7,9,14,16-17,21,24,27-30,32-33,39,42-44,49-51,56-57,62,64-65,71-73H,3,5-6,8,10,12,15,18-20,22-23,25-26,31,34,61H2,1-2H3,(H2,66,67,68)/t39-,42-,43-,44-,49+,50-,51-,56+,57+,59-,60+/m0/s1. The van der Waals surface area contributed by atoms with Gasteiger partial charge in [-0.1, -0.05) is 30.0 Å². The van der Waals surface area contributed by atoms with Gasteiger partial charge in [0.25, 0.3) is 0 Å². The summed E-state index contributed by atoms with van der Waals surface area (Å²) in [4.78, 5) is 26.0. The van der Waals surface area contributed by atoms with E-state index in [0.717, 1.165) is 86.9 Å². The number of phenols is 3. The van der Waals surface area contributed by atoms with E-state index in [1.165, 1.54) is 29.6 Å². The van der Waals surface area contributed by atoms with Crippen LogP contribution in [0.5, 0.6) is 28.7 Å². The van der Waals surface area contributed by atoms with Crippen molar-refractivity contribution in [3.63, 3.8) is 0 Å². The first-order chi connectivity index (χ1) is 37.5. The maximum atomic E-state index is 12.9. The van der Waals surface area contributed by atoms with Gasteiger partial charge in [0, 0.05) is 98.4 Å². The zero-order valence-corrected chi connectivity index (χ0v) is 43.9. The molecule has 2 aromatic carbocycles. The van der Waals surface area contributed by atoms with Gasteiger partial charge in [0.1, 0.15) is 18.4 Å². The maximum absolute atomic E-state index is 12.9. The van der Waals surface area contributed by atoms with Crippen molar-refractivity contribution in [2.75, 3.05) is 33.3 Å². The maximum Gasteiger partial charge on any atom is 0.302 e. The fraction of sp³-hybridized carbons (Fsp3) is 0.483. The van der Waals surface area contributed by atoms with Crippen molar-refractivity contribution in [1.82, 2.24) is 35.8 Å². The number of aromatic nitrogens is 3. The van der Waals surface area contributed by atoms with Crippen molar-refractivity contribution in [3.05, 3.63) is 119 Å². The van der Waals surface area contributed by atoms with Crippen molar-refractivity contribution in [2.45, 2.75) is 120 Å². The molecule has 0 radical (unpaired) electrons. The SMILES string of the molecule is CNC[C@@]12CCc3c4cc[nH]c4cn3[C@H]1NC(=NCCCC1=CCNC(N)=C1)N[C@@]21CCC[C@H]2Oc3cc(ccc3O)C[C@@H]3[C@@H]4O[C@H](c5cc(O)c(O)c(OCCc6cccnc6)c5)C[C@H](OC(C)=O)[C@@H]4CC[C@H]3C#C[C@@H]21. The molecule has 7 aliphatic rings. The van der Waals surface area contributed by atoms with Crippen LogP contribution in [0.4, 0.5) is 0 Å². The Morgan fingerprint density at radius 1 is 1.06 bits per heavy atom. The van der Waals surface area contributed by atoms with Gasteiger partial charge in [-0.05, 0) is 136 Å². The van der Waals surface area contributed by atoms with Crippen LogP contribution >= 0.6 is 0 Å². The molecule has 17 nitrogen and oxygen atoms in total. The van der Waals surface area contributed by atoms with E-state index in [2.05, 4.69) is 66.0 Å². The number of ether oxygens (including phenoxy) is 4. The van der Waals surface area contributed by atoms with Crippen molar-refractivity contribution in [1.29, 1.82) is 0 Å². The summed E-state index contributed by atoms with van der Waals surface area (Å²) >= 11 is 0. The number of hydrogen-bond acceptors (Lipinski definition) is 13. The van der Waals surface area contributed by atoms with Crippen molar-refractivity contribution in [2.24, 2.45) is 39.8 Å². The molecule has 2 saturated heterocycles. The number of benzene rings is 2. The summed E-state index contributed by atoms with van der Waals surface area (Å²) in [6.45, 7) is 3.68. The van der Waals surface area contributed by atoms with E-state index in [-0.39, 0.29) is 71.5 Å². The van der Waals surface area contributed by atoms with Crippen molar-refractivity contribution in [3.8, 4) is 40.6 Å². The number of nitrogens with one attached hydrogen (secondary N) is 5. The predicted molar refractivity (Wildman–Crippen MR) is 291 cm³/mol. The minimum absolute atomic E-state index is 0.0698. The largest absolute Gasteiger partial charge is 0.504 e. The molecule has 77 heavy (non-hydrogen) atoms. The zero-order chi connectivity index (χ0) is 52.8. The monoisotopic (exact) mass is 1050 g/mol. The Kier molecular flexibility index (Phi) is 13.7. The third-order valence-corrected chi connectivity index (χ3v) is 17.9. The summed E-state index contributed by atoms with van der Waals surface area (Å²) in [7, 11) is 2.04. The quantitative estimate of drug-likeness (QED) is 0.0264. The van der Waals surface area contributed by atoms with E-state index < -0.39 is 29.3 Å². The number of carbonyl (C=O) groups is 1. The number of nitrogens with two attached hydrogens (primary N) is 1. The number of aliphatic imine (C=N–C) groups is 1. The van der Waals surface area contributed by atoms with Gasteiger partial charge in [-0.15, -0.1) is 0 Å². The molecule has 3 aromatic heterocycles. The second kappa shape index (κ2) is 20.9. The highest BCUT2D eigenvalue weighted by Gasteiger charge is 2.66. The number of rotatable bonds is 12. The van der Waals surface area contributed by atoms with Gasteiger partial charge in [-0.25, -0.2) is 0 Å². The fourth-order valence-corrected chi connectivity index (χ4v) is 14.5. The molecule has 10 N–H and O–H groups in total. The summed E-state index contributed by atoms with van der Waals surface area (Å²) < 4.78 is 29.3. The third-order valence-electron chi connectivity index (χ3n) is 17.9. The molecule has 17 heteroatoms. The zero-order valence-electron chi connectivity index (χ0n) is 43.9. The molecule has 5 aromatic rings. The predicted octanol–water partition coefficient (Wildman–Crippen LogP) is 7.06. The number of pyridine rings is 1. The van der Waals surface area contributed by atoms with Crippen LogP contribution < -0.4 is 36.5 Å². The summed E-state index contributed by atoms with van der Waals surface area (Å²) in [5.74, 6) is 8.20. The number of nitrogens with zero attached hydrogens (tertiary/aromatic N) is 3. The number of allylic oxidation sites excluding steroid dienone is 2. The molecule has 2 bridgehead atoms. The Morgan fingerprint density at radius 3 is 2.82 bits per heavy atom. The van der Waals surface area contributed by atoms with E-state index >= 15 is 0 Å². The highest BCUT2D eigenvalue weighted by molar-refractivity contribution is 5.85. The Bertz CT molecular complexity index is 3180. The number of aromatic amines is 1. The minimum atomic E-state index is -0.662. The lowest BCUT2D eigenvalue weighted by Gasteiger charge is -2.64. The second-order valence-corrected chi connectivity index (χ2v) is 22.4. The number of phenolic OH excluding ortho intramolecular Hbond substituents is 3. The van der Waals surface area contributed by atoms with Gasteiger partial charge in [0.05, 0.1) is 41.6 Å². The normalized spacial score (nSPS) is 30.6. The summed E-state index contributed by atoms with van der Waals surface area (Å²) in [5.41, 5.74) is 11.2. The van der Waals surface area contributed by atoms with Crippen LogP contribution in [0.2, 0.25) is 0 Å². The fourth-order valence-electron chi connectivity index (χ4n) is 14.5. The molecule has 12 rings (SSSR count). The van der Waals surface area contributed by atoms with Crippen LogP contribution in [-0.2, 0) is 33.5 Å². The lowest BCUT2D eigenvalue weighted by Crippen LogP contribution is -2.79. The molecule has 0 amide bonds. The molecule has 2 saturated carbocycles. The lowest BCUT2D eigenvalue weighted by atomic mass is 9.52. The lowest BCUT2D eigenvalue weighted by molar-refractivity contribution is -0.196. The molecule has 2 aliphatic carbocycles. The number of esters is 1. The van der Waals surface area contributed by atoms with Gasteiger partial charge in [-0.2, -0.15) is 0 Å². The number of carbonyl (C=O) groups excluding carboxylic acids is 1. The number of aromatic hydroxyl groups is 3. The van der Waals surface area contributed by atoms with Crippen molar-refractivity contribution >= 4 is 22.8 Å². The number of aryl methyl sites for hydroxylation is 1. The van der Waals surface area contributed by atoms with Gasteiger partial charge >= 0.3 is 5.97 Å². The Morgan fingerprint density at radius 2 is 1.97 bits per heavy atom. The van der Waals surface area contributed by atoms with Gasteiger partial charge < -0.3 is 70.8 Å². The average molecular weight is 1050 g/mol. The van der Waals surface area contributed by atoms with Crippen LogP contribution in [0, 0.1) is 40.9 Å². The Hall–Kier alpha value is -7.29. The van der Waals surface area contributed by atoms with Gasteiger partial charge in [-0.3, -0.25) is 14.8 Å². The van der Waals surface area contributed by atoms with Crippen LogP contribution in [0.1, 0.15) is 99.4 Å². The van der Waals surface area contributed by atoms with Crippen LogP contribution in [0.25, 0.3) is 10.9 Å². The topological polar surface area (TPSA) is 235 Å². The van der Waals surface area contributed by atoms with E-state index in [0.29, 0.717) is 49.5 Å². The molecular weight excluding hydrogens is 975 g/mol. The number of dihydropyridines is 1. The smallest absolute Gasteiger partial charge is 0.302 e. The van der Waals surface area contributed by atoms with Crippen molar-refractivity contribution < 1.29 is 39.1 Å².